The van der Waals surface area contributed by atoms with E-state index >= 15 is 0 Å². The average molecular weight is 540 g/mol. The quantitative estimate of drug-likeness (QED) is 0.443. The van der Waals surface area contributed by atoms with E-state index in [4.69, 9.17) is 21.1 Å². The number of halogens is 1. The third-order valence-corrected chi connectivity index (χ3v) is 6.94. The van der Waals surface area contributed by atoms with Crippen molar-refractivity contribution in [2.45, 2.75) is 45.8 Å². The molecule has 0 aliphatic carbocycles. The first-order chi connectivity index (χ1) is 16.9. The Balaban J connectivity index is 2.55. The van der Waals surface area contributed by atoms with Crippen LogP contribution in [-0.2, 0) is 26.2 Å². The van der Waals surface area contributed by atoms with Gasteiger partial charge in [-0.1, -0.05) is 36.7 Å². The van der Waals surface area contributed by atoms with Gasteiger partial charge in [-0.3, -0.25) is 13.9 Å². The number of anilines is 1. The van der Waals surface area contributed by atoms with Gasteiger partial charge in [0.05, 0.1) is 26.2 Å². The highest BCUT2D eigenvalue weighted by atomic mass is 35.5. The van der Waals surface area contributed by atoms with Crippen LogP contribution in [0.4, 0.5) is 5.69 Å². The van der Waals surface area contributed by atoms with Gasteiger partial charge < -0.3 is 19.7 Å². The Kier molecular flexibility index (Phi) is 10.4. The summed E-state index contributed by atoms with van der Waals surface area (Å²) in [4.78, 5) is 28.2. The van der Waals surface area contributed by atoms with Crippen LogP contribution < -0.4 is 19.1 Å². The highest BCUT2D eigenvalue weighted by molar-refractivity contribution is 7.92. The molecule has 198 valence electrons. The van der Waals surface area contributed by atoms with E-state index in [9.17, 15) is 18.0 Å². The van der Waals surface area contributed by atoms with Crippen LogP contribution in [0, 0.1) is 0 Å². The topological polar surface area (TPSA) is 105 Å². The van der Waals surface area contributed by atoms with Gasteiger partial charge in [0.25, 0.3) is 0 Å². The minimum atomic E-state index is -3.93. The molecule has 0 heterocycles. The molecule has 0 aliphatic heterocycles. The maximum absolute atomic E-state index is 13.8. The average Bonchev–Trinajstić information content (AvgIpc) is 2.81. The summed E-state index contributed by atoms with van der Waals surface area (Å²) in [5, 5.41) is 3.28. The fourth-order valence-electron chi connectivity index (χ4n) is 3.70. The van der Waals surface area contributed by atoms with E-state index in [0.717, 1.165) is 10.6 Å². The predicted octanol–water partition coefficient (Wildman–Crippen LogP) is 3.46. The van der Waals surface area contributed by atoms with Gasteiger partial charge in [0.2, 0.25) is 21.8 Å². The van der Waals surface area contributed by atoms with E-state index in [1.165, 1.54) is 25.2 Å². The lowest BCUT2D eigenvalue weighted by Gasteiger charge is -2.33. The Labute approximate surface area is 218 Å². The Morgan fingerprint density at radius 3 is 2.28 bits per heavy atom. The Morgan fingerprint density at radius 1 is 1.08 bits per heavy atom. The number of amides is 2. The summed E-state index contributed by atoms with van der Waals surface area (Å²) in [5.41, 5.74) is 0.776. The normalized spacial score (nSPS) is 12.1. The lowest BCUT2D eigenvalue weighted by Crippen LogP contribution is -2.53. The molecule has 2 amide bonds. The second-order valence-corrected chi connectivity index (χ2v) is 10.8. The van der Waals surface area contributed by atoms with E-state index in [1.807, 2.05) is 13.8 Å². The first-order valence-corrected chi connectivity index (χ1v) is 13.7. The van der Waals surface area contributed by atoms with Gasteiger partial charge >= 0.3 is 0 Å². The number of benzene rings is 2. The van der Waals surface area contributed by atoms with Crippen LogP contribution >= 0.6 is 11.6 Å². The van der Waals surface area contributed by atoms with Crippen LogP contribution in [0.3, 0.4) is 0 Å². The second kappa shape index (κ2) is 12.8. The van der Waals surface area contributed by atoms with Crippen molar-refractivity contribution in [2.24, 2.45) is 0 Å². The number of nitrogens with one attached hydrogen (secondary N) is 1. The molecule has 0 saturated heterocycles. The molecule has 0 aromatic heterocycles. The lowest BCUT2D eigenvalue weighted by molar-refractivity contribution is -0.140. The van der Waals surface area contributed by atoms with Crippen molar-refractivity contribution >= 4 is 39.1 Å². The third kappa shape index (κ3) is 7.51. The zero-order valence-electron chi connectivity index (χ0n) is 21.4. The SMILES string of the molecule is CCC(C(=O)NC(C)C)N(Cc1ccccc1Cl)C(=O)CN(c1cc(OC)ccc1OC)S(C)(=O)=O. The van der Waals surface area contributed by atoms with Gasteiger partial charge in [0, 0.05) is 23.7 Å². The molecule has 0 fully saturated rings. The minimum absolute atomic E-state index is 0.0232. The van der Waals surface area contributed by atoms with Gasteiger partial charge in [-0.05, 0) is 44.0 Å². The van der Waals surface area contributed by atoms with Crippen LogP contribution in [0.15, 0.2) is 42.5 Å². The fraction of sp³-hybridized carbons (Fsp3) is 0.440. The van der Waals surface area contributed by atoms with Crippen LogP contribution in [0.2, 0.25) is 5.02 Å². The summed E-state index contributed by atoms with van der Waals surface area (Å²) in [6.07, 6.45) is 1.32. The number of ether oxygens (including phenoxy) is 2. The molecular weight excluding hydrogens is 506 g/mol. The second-order valence-electron chi connectivity index (χ2n) is 8.51. The summed E-state index contributed by atoms with van der Waals surface area (Å²) < 4.78 is 37.2. The Bertz CT molecular complexity index is 1170. The van der Waals surface area contributed by atoms with Gasteiger partial charge in [0.1, 0.15) is 24.1 Å². The predicted molar refractivity (Wildman–Crippen MR) is 141 cm³/mol. The molecule has 2 rings (SSSR count). The monoisotopic (exact) mass is 539 g/mol. The number of carbonyl (C=O) groups excluding carboxylic acids is 2. The molecule has 0 radical (unpaired) electrons. The number of nitrogens with zero attached hydrogens (tertiary/aromatic N) is 2. The van der Waals surface area contributed by atoms with Crippen molar-refractivity contribution in [1.82, 2.24) is 10.2 Å². The number of methoxy groups -OCH3 is 2. The third-order valence-electron chi connectivity index (χ3n) is 5.45. The molecule has 2 aromatic carbocycles. The molecule has 1 unspecified atom stereocenters. The maximum atomic E-state index is 13.8. The Morgan fingerprint density at radius 2 is 1.75 bits per heavy atom. The van der Waals surface area contributed by atoms with Crippen LogP contribution in [0.5, 0.6) is 11.5 Å². The molecule has 0 spiro atoms. The van der Waals surface area contributed by atoms with Crippen molar-refractivity contribution in [2.75, 3.05) is 31.3 Å². The summed E-state index contributed by atoms with van der Waals surface area (Å²) in [7, 11) is -1.08. The van der Waals surface area contributed by atoms with E-state index in [1.54, 1.807) is 43.3 Å². The zero-order chi connectivity index (χ0) is 27.0. The zero-order valence-corrected chi connectivity index (χ0v) is 23.0. The van der Waals surface area contributed by atoms with Crippen LogP contribution in [0.1, 0.15) is 32.8 Å². The molecule has 2 aromatic rings. The van der Waals surface area contributed by atoms with E-state index in [2.05, 4.69) is 5.32 Å². The van der Waals surface area contributed by atoms with Crippen LogP contribution in [0.25, 0.3) is 0 Å². The highest BCUT2D eigenvalue weighted by Crippen LogP contribution is 2.34. The van der Waals surface area contributed by atoms with Gasteiger partial charge in [-0.2, -0.15) is 0 Å². The highest BCUT2D eigenvalue weighted by Gasteiger charge is 2.33. The lowest BCUT2D eigenvalue weighted by atomic mass is 10.1. The van der Waals surface area contributed by atoms with Crippen molar-refractivity contribution in [3.63, 3.8) is 0 Å². The number of hydrogen-bond donors (Lipinski definition) is 1. The first kappa shape index (κ1) is 29.3. The molecule has 36 heavy (non-hydrogen) atoms. The number of sulfonamides is 1. The largest absolute Gasteiger partial charge is 0.497 e. The summed E-state index contributed by atoms with van der Waals surface area (Å²) in [6.45, 7) is 4.90. The Hall–Kier alpha value is -2.98. The van der Waals surface area contributed by atoms with E-state index < -0.39 is 28.5 Å². The maximum Gasteiger partial charge on any atom is 0.244 e. The van der Waals surface area contributed by atoms with E-state index in [0.29, 0.717) is 22.8 Å². The standard InChI is InChI=1S/C25H34ClN3O6S/c1-7-21(25(31)27-17(2)3)28(15-18-10-8-9-11-20(18)26)24(30)16-29(36(6,32)33)22-14-19(34-4)12-13-23(22)35-5/h8-14,17,21H,7,15-16H2,1-6H3,(H,27,31). The fourth-order valence-corrected chi connectivity index (χ4v) is 4.74. The molecule has 11 heteroatoms. The molecule has 9 nitrogen and oxygen atoms in total. The summed E-state index contributed by atoms with van der Waals surface area (Å²) in [5.74, 6) is -0.271. The summed E-state index contributed by atoms with van der Waals surface area (Å²) in [6, 6.07) is 10.7. The van der Waals surface area contributed by atoms with Crippen LogP contribution in [-0.4, -0.2) is 64.2 Å². The minimum Gasteiger partial charge on any atom is -0.497 e. The van der Waals surface area contributed by atoms with Gasteiger partial charge in [0.15, 0.2) is 0 Å². The smallest absolute Gasteiger partial charge is 0.244 e. The van der Waals surface area contributed by atoms with E-state index in [-0.39, 0.29) is 29.9 Å². The molecule has 0 aliphatic rings. The first-order valence-electron chi connectivity index (χ1n) is 11.5. The molecule has 1 atom stereocenters. The van der Waals surface area contributed by atoms with Crippen molar-refractivity contribution < 1.29 is 27.5 Å². The number of hydrogen-bond acceptors (Lipinski definition) is 6. The number of rotatable bonds is 12. The molecule has 0 saturated carbocycles. The molecule has 0 bridgehead atoms. The summed E-state index contributed by atoms with van der Waals surface area (Å²) >= 11 is 6.36. The molecule has 1 N–H and O–H groups in total. The van der Waals surface area contributed by atoms with Crippen molar-refractivity contribution in [3.8, 4) is 11.5 Å². The van der Waals surface area contributed by atoms with Crippen molar-refractivity contribution in [1.29, 1.82) is 0 Å². The van der Waals surface area contributed by atoms with Gasteiger partial charge in [-0.15, -0.1) is 0 Å². The van der Waals surface area contributed by atoms with Crippen molar-refractivity contribution in [3.05, 3.63) is 53.1 Å². The molecular formula is C25H34ClN3O6S. The number of carbonyl (C=O) groups is 2. The van der Waals surface area contributed by atoms with Gasteiger partial charge in [-0.25, -0.2) is 8.42 Å².